The van der Waals surface area contributed by atoms with Crippen LogP contribution in [0.15, 0.2) is 24.3 Å². The maximum Gasteiger partial charge on any atom is 0.139 e. The van der Waals surface area contributed by atoms with Gasteiger partial charge in [0, 0.05) is 5.56 Å². The van der Waals surface area contributed by atoms with Crippen LogP contribution in [0.2, 0.25) is 0 Å². The van der Waals surface area contributed by atoms with Gasteiger partial charge in [-0.2, -0.15) is 0 Å². The van der Waals surface area contributed by atoms with E-state index in [1.165, 1.54) is 44.1 Å². The van der Waals surface area contributed by atoms with Gasteiger partial charge in [-0.3, -0.25) is 5.41 Å². The summed E-state index contributed by atoms with van der Waals surface area (Å²) < 4.78 is 0. The molecule has 0 spiro atoms. The lowest BCUT2D eigenvalue weighted by molar-refractivity contribution is 0.607. The summed E-state index contributed by atoms with van der Waals surface area (Å²) in [6.45, 7) is 2.25. The third-order valence-corrected chi connectivity index (χ3v) is 3.21. The van der Waals surface area contributed by atoms with Crippen molar-refractivity contribution in [3.8, 4) is 0 Å². The van der Waals surface area contributed by atoms with E-state index in [1.54, 1.807) is 0 Å². The summed E-state index contributed by atoms with van der Waals surface area (Å²) in [5.41, 5.74) is 4.54. The standard InChI is InChI=1S/C15H25N3/c1-2-3-4-5-6-7-8-13-9-11-14(12-10-13)15(16)18-17/h9-12H,2-8,17H2,1H3,(H2,16,18). The monoisotopic (exact) mass is 247 g/mol. The second-order valence-electron chi connectivity index (χ2n) is 4.73. The zero-order chi connectivity index (χ0) is 13.2. The van der Waals surface area contributed by atoms with E-state index in [0.717, 1.165) is 12.0 Å². The molecule has 0 aliphatic rings. The third-order valence-electron chi connectivity index (χ3n) is 3.21. The van der Waals surface area contributed by atoms with Crippen LogP contribution in [0.5, 0.6) is 0 Å². The van der Waals surface area contributed by atoms with E-state index in [2.05, 4.69) is 24.5 Å². The Bertz CT molecular complexity index is 343. The zero-order valence-corrected chi connectivity index (χ0v) is 11.3. The molecule has 18 heavy (non-hydrogen) atoms. The van der Waals surface area contributed by atoms with Gasteiger partial charge in [-0.15, -0.1) is 0 Å². The van der Waals surface area contributed by atoms with Gasteiger partial charge in [0.05, 0.1) is 0 Å². The molecule has 4 N–H and O–H groups in total. The number of nitrogens with one attached hydrogen (secondary N) is 2. The number of nitrogens with two attached hydrogens (primary N) is 1. The van der Waals surface area contributed by atoms with Crippen molar-refractivity contribution in [1.82, 2.24) is 5.43 Å². The summed E-state index contributed by atoms with van der Waals surface area (Å²) in [5, 5.41) is 7.55. The lowest BCUT2D eigenvalue weighted by Crippen LogP contribution is -2.29. The largest absolute Gasteiger partial charge is 0.308 e. The minimum atomic E-state index is 0.265. The SMILES string of the molecule is CCCCCCCCc1ccc(C(=N)NN)cc1. The number of aryl methyl sites for hydroxylation is 1. The van der Waals surface area contributed by atoms with Crippen molar-refractivity contribution in [3.05, 3.63) is 35.4 Å². The second-order valence-corrected chi connectivity index (χ2v) is 4.73. The molecule has 0 radical (unpaired) electrons. The number of hydrogen-bond acceptors (Lipinski definition) is 2. The Morgan fingerprint density at radius 2 is 1.67 bits per heavy atom. The fourth-order valence-corrected chi connectivity index (χ4v) is 2.03. The van der Waals surface area contributed by atoms with E-state index in [0.29, 0.717) is 0 Å². The molecule has 0 heterocycles. The van der Waals surface area contributed by atoms with Crippen molar-refractivity contribution in [2.45, 2.75) is 51.9 Å². The highest BCUT2D eigenvalue weighted by Gasteiger charge is 1.99. The van der Waals surface area contributed by atoms with Crippen LogP contribution < -0.4 is 11.3 Å². The lowest BCUT2D eigenvalue weighted by atomic mass is 10.0. The van der Waals surface area contributed by atoms with E-state index in [4.69, 9.17) is 11.3 Å². The number of benzene rings is 1. The van der Waals surface area contributed by atoms with E-state index in [-0.39, 0.29) is 5.84 Å². The van der Waals surface area contributed by atoms with Gasteiger partial charge in [0.2, 0.25) is 0 Å². The van der Waals surface area contributed by atoms with Gasteiger partial charge in [0.15, 0.2) is 0 Å². The molecule has 0 aliphatic heterocycles. The first-order chi connectivity index (χ1) is 8.77. The molecular weight excluding hydrogens is 222 g/mol. The molecule has 0 saturated carbocycles. The Hall–Kier alpha value is -1.35. The fraction of sp³-hybridized carbons (Fsp3) is 0.533. The first-order valence-corrected chi connectivity index (χ1v) is 6.92. The van der Waals surface area contributed by atoms with E-state index < -0.39 is 0 Å². The highest BCUT2D eigenvalue weighted by Crippen LogP contribution is 2.11. The Morgan fingerprint density at radius 1 is 1.06 bits per heavy atom. The number of hydrazine groups is 1. The molecule has 0 bridgehead atoms. The second kappa shape index (κ2) is 8.70. The van der Waals surface area contributed by atoms with Gasteiger partial charge in [-0.25, -0.2) is 5.84 Å². The quantitative estimate of drug-likeness (QED) is 0.217. The number of amidine groups is 1. The molecule has 3 nitrogen and oxygen atoms in total. The maximum atomic E-state index is 7.55. The van der Waals surface area contributed by atoms with Gasteiger partial charge in [0.1, 0.15) is 5.84 Å². The van der Waals surface area contributed by atoms with Crippen LogP contribution >= 0.6 is 0 Å². The molecule has 0 amide bonds. The Morgan fingerprint density at radius 3 is 2.28 bits per heavy atom. The van der Waals surface area contributed by atoms with Crippen LogP contribution in [0, 0.1) is 5.41 Å². The van der Waals surface area contributed by atoms with E-state index in [1.807, 2.05) is 12.1 Å². The topological polar surface area (TPSA) is 61.9 Å². The van der Waals surface area contributed by atoms with Gasteiger partial charge < -0.3 is 5.43 Å². The molecule has 3 heteroatoms. The third kappa shape index (κ3) is 5.32. The van der Waals surface area contributed by atoms with Crippen LogP contribution in [0.3, 0.4) is 0 Å². The van der Waals surface area contributed by atoms with E-state index >= 15 is 0 Å². The number of rotatable bonds is 8. The smallest absolute Gasteiger partial charge is 0.139 e. The van der Waals surface area contributed by atoms with Crippen LogP contribution in [0.25, 0.3) is 0 Å². The van der Waals surface area contributed by atoms with Crippen molar-refractivity contribution >= 4 is 5.84 Å². The summed E-state index contributed by atoms with van der Waals surface area (Å²) in [4.78, 5) is 0. The highest BCUT2D eigenvalue weighted by atomic mass is 15.2. The average molecular weight is 247 g/mol. The summed E-state index contributed by atoms with van der Waals surface area (Å²) in [6.07, 6.45) is 9.11. The van der Waals surface area contributed by atoms with Gasteiger partial charge >= 0.3 is 0 Å². The van der Waals surface area contributed by atoms with Crippen molar-refractivity contribution < 1.29 is 0 Å². The van der Waals surface area contributed by atoms with Crippen molar-refractivity contribution in [3.63, 3.8) is 0 Å². The van der Waals surface area contributed by atoms with Crippen LogP contribution in [0.4, 0.5) is 0 Å². The number of unbranched alkanes of at least 4 members (excludes halogenated alkanes) is 5. The molecule has 0 fully saturated rings. The first kappa shape index (κ1) is 14.7. The molecule has 1 rings (SSSR count). The lowest BCUT2D eigenvalue weighted by Gasteiger charge is -2.05. The minimum Gasteiger partial charge on any atom is -0.308 e. The van der Waals surface area contributed by atoms with Crippen molar-refractivity contribution in [1.29, 1.82) is 5.41 Å². The summed E-state index contributed by atoms with van der Waals surface area (Å²) in [6, 6.07) is 8.09. The molecule has 1 aromatic rings. The Balaban J connectivity index is 2.25. The molecule has 0 unspecified atom stereocenters. The highest BCUT2D eigenvalue weighted by molar-refractivity contribution is 5.95. The van der Waals surface area contributed by atoms with Gasteiger partial charge in [0.25, 0.3) is 0 Å². The Labute approximate surface area is 110 Å². The zero-order valence-electron chi connectivity index (χ0n) is 11.3. The molecule has 1 aromatic carbocycles. The van der Waals surface area contributed by atoms with Crippen LogP contribution in [-0.4, -0.2) is 5.84 Å². The molecular formula is C15H25N3. The van der Waals surface area contributed by atoms with Crippen LogP contribution in [0.1, 0.15) is 56.6 Å². The molecule has 100 valence electrons. The van der Waals surface area contributed by atoms with Gasteiger partial charge in [-0.1, -0.05) is 63.3 Å². The molecule has 0 saturated heterocycles. The summed E-state index contributed by atoms with van der Waals surface area (Å²) in [5.74, 6) is 5.47. The summed E-state index contributed by atoms with van der Waals surface area (Å²) in [7, 11) is 0. The molecule has 0 aromatic heterocycles. The number of hydrogen-bond donors (Lipinski definition) is 3. The van der Waals surface area contributed by atoms with E-state index in [9.17, 15) is 0 Å². The van der Waals surface area contributed by atoms with Crippen LogP contribution in [-0.2, 0) is 6.42 Å². The van der Waals surface area contributed by atoms with Gasteiger partial charge in [-0.05, 0) is 18.4 Å². The minimum absolute atomic E-state index is 0.265. The molecule has 0 atom stereocenters. The maximum absolute atomic E-state index is 7.55. The van der Waals surface area contributed by atoms with Crippen molar-refractivity contribution in [2.75, 3.05) is 0 Å². The average Bonchev–Trinajstić information content (AvgIpc) is 2.42. The fourth-order valence-electron chi connectivity index (χ4n) is 2.03. The Kier molecular flexibility index (Phi) is 7.11. The molecule has 0 aliphatic carbocycles. The van der Waals surface area contributed by atoms with Crippen molar-refractivity contribution in [2.24, 2.45) is 5.84 Å². The predicted octanol–water partition coefficient (Wildman–Crippen LogP) is 3.38. The first-order valence-electron chi connectivity index (χ1n) is 6.92. The predicted molar refractivity (Wildman–Crippen MR) is 77.7 cm³/mol. The summed E-state index contributed by atoms with van der Waals surface area (Å²) >= 11 is 0. The normalized spacial score (nSPS) is 10.3.